The van der Waals surface area contributed by atoms with E-state index >= 15 is 0 Å². The zero-order valence-electron chi connectivity index (χ0n) is 7.25. The normalized spacial score (nSPS) is 10.0. The molecular formula is C7H9N3O3. The number of nitrogens with zero attached hydrogens (tertiary/aromatic N) is 1. The average Bonchev–Trinajstić information content (AvgIpc) is 1.99. The van der Waals surface area contributed by atoms with E-state index in [1.807, 2.05) is 4.98 Å². The zero-order valence-corrected chi connectivity index (χ0v) is 7.25. The van der Waals surface area contributed by atoms with Crippen molar-refractivity contribution in [2.24, 2.45) is 7.05 Å². The van der Waals surface area contributed by atoms with Crippen LogP contribution in [0.25, 0.3) is 0 Å². The maximum Gasteiger partial charge on any atom is 0.329 e. The Bertz CT molecular complexity index is 469. The third kappa shape index (κ3) is 1.37. The van der Waals surface area contributed by atoms with Gasteiger partial charge in [-0.2, -0.15) is 0 Å². The van der Waals surface area contributed by atoms with Crippen LogP contribution in [0.5, 0.6) is 0 Å². The number of hydrogen-bond donors (Lipinski definition) is 2. The first-order valence-electron chi connectivity index (χ1n) is 3.55. The van der Waals surface area contributed by atoms with Crippen LogP contribution in [0.4, 0.5) is 5.82 Å². The largest absolute Gasteiger partial charge is 0.384 e. The van der Waals surface area contributed by atoms with Crippen LogP contribution in [0.1, 0.15) is 17.3 Å². The molecule has 0 unspecified atom stereocenters. The number of anilines is 1. The fourth-order valence-corrected chi connectivity index (χ4v) is 0.977. The molecule has 13 heavy (non-hydrogen) atoms. The molecule has 0 saturated heterocycles. The molecule has 70 valence electrons. The van der Waals surface area contributed by atoms with Crippen LogP contribution in [-0.4, -0.2) is 15.3 Å². The molecule has 0 aliphatic heterocycles. The third-order valence-corrected chi connectivity index (χ3v) is 1.72. The second-order valence-electron chi connectivity index (χ2n) is 2.63. The minimum absolute atomic E-state index is 0.110. The Morgan fingerprint density at radius 2 is 2.00 bits per heavy atom. The molecule has 6 heteroatoms. The molecule has 1 aromatic heterocycles. The first-order chi connectivity index (χ1) is 5.95. The molecule has 0 radical (unpaired) electrons. The molecule has 0 atom stereocenters. The second-order valence-corrected chi connectivity index (χ2v) is 2.63. The van der Waals surface area contributed by atoms with Crippen molar-refractivity contribution < 1.29 is 4.79 Å². The van der Waals surface area contributed by atoms with Crippen molar-refractivity contribution in [2.45, 2.75) is 6.92 Å². The summed E-state index contributed by atoms with van der Waals surface area (Å²) in [6, 6.07) is 0. The molecule has 0 saturated carbocycles. The van der Waals surface area contributed by atoms with Crippen LogP contribution < -0.4 is 17.0 Å². The number of carbonyl (C=O) groups excluding carboxylic acids is 1. The molecule has 0 bridgehead atoms. The molecule has 0 fully saturated rings. The highest BCUT2D eigenvalue weighted by atomic mass is 16.2. The smallest absolute Gasteiger partial charge is 0.329 e. The molecule has 0 amide bonds. The number of Topliss-reactive ketones (excluding diaryl/α,β-unsaturated/α-hetero) is 1. The van der Waals surface area contributed by atoms with E-state index in [1.165, 1.54) is 14.0 Å². The number of rotatable bonds is 1. The first-order valence-corrected chi connectivity index (χ1v) is 3.55. The van der Waals surface area contributed by atoms with Gasteiger partial charge in [-0.05, 0) is 6.92 Å². The number of nitrogen functional groups attached to an aromatic ring is 1. The summed E-state index contributed by atoms with van der Waals surface area (Å²) in [5, 5.41) is 0. The van der Waals surface area contributed by atoms with Crippen molar-refractivity contribution in [1.82, 2.24) is 9.55 Å². The van der Waals surface area contributed by atoms with Gasteiger partial charge in [0, 0.05) is 7.05 Å². The lowest BCUT2D eigenvalue weighted by Crippen LogP contribution is -2.34. The summed E-state index contributed by atoms with van der Waals surface area (Å²) < 4.78 is 1.01. The summed E-state index contributed by atoms with van der Waals surface area (Å²) in [7, 11) is 1.38. The molecular weight excluding hydrogens is 174 g/mol. The quantitative estimate of drug-likeness (QED) is 0.537. The maximum absolute atomic E-state index is 11.1. The highest BCUT2D eigenvalue weighted by Crippen LogP contribution is 2.01. The second kappa shape index (κ2) is 2.89. The lowest BCUT2D eigenvalue weighted by Gasteiger charge is -2.04. The van der Waals surface area contributed by atoms with Crippen molar-refractivity contribution in [2.75, 3.05) is 5.73 Å². The highest BCUT2D eigenvalue weighted by Gasteiger charge is 2.13. The number of aromatic amines is 1. The highest BCUT2D eigenvalue weighted by molar-refractivity contribution is 5.97. The molecule has 0 aromatic carbocycles. The van der Waals surface area contributed by atoms with E-state index in [2.05, 4.69) is 0 Å². The Morgan fingerprint density at radius 3 is 2.46 bits per heavy atom. The van der Waals surface area contributed by atoms with Crippen molar-refractivity contribution >= 4 is 11.6 Å². The Morgan fingerprint density at radius 1 is 1.46 bits per heavy atom. The van der Waals surface area contributed by atoms with Gasteiger partial charge in [0.25, 0.3) is 5.56 Å². The number of nitrogens with one attached hydrogen (secondary N) is 1. The van der Waals surface area contributed by atoms with Crippen molar-refractivity contribution in [1.29, 1.82) is 0 Å². The third-order valence-electron chi connectivity index (χ3n) is 1.72. The molecule has 1 heterocycles. The fourth-order valence-electron chi connectivity index (χ4n) is 0.977. The standard InChI is InChI=1S/C7H9N3O3/c1-3(11)4-5(8)10(2)7(13)9-6(4)12/h8H2,1-2H3,(H,9,12,13). The van der Waals surface area contributed by atoms with Crippen LogP contribution in [0.3, 0.4) is 0 Å². The number of nitrogens with two attached hydrogens (primary N) is 1. The minimum Gasteiger partial charge on any atom is -0.384 e. The van der Waals surface area contributed by atoms with Gasteiger partial charge < -0.3 is 5.73 Å². The Labute approximate surface area is 73.0 Å². The zero-order chi connectivity index (χ0) is 10.2. The van der Waals surface area contributed by atoms with Gasteiger partial charge in [-0.15, -0.1) is 0 Å². The number of carbonyl (C=O) groups is 1. The van der Waals surface area contributed by atoms with E-state index in [9.17, 15) is 14.4 Å². The number of ketones is 1. The van der Waals surface area contributed by atoms with Gasteiger partial charge in [0.15, 0.2) is 5.78 Å². The molecule has 0 aliphatic rings. The van der Waals surface area contributed by atoms with E-state index in [4.69, 9.17) is 5.73 Å². The van der Waals surface area contributed by atoms with Crippen molar-refractivity contribution in [3.63, 3.8) is 0 Å². The van der Waals surface area contributed by atoms with Gasteiger partial charge in [0.1, 0.15) is 11.4 Å². The summed E-state index contributed by atoms with van der Waals surface area (Å²) in [6.07, 6.45) is 0. The van der Waals surface area contributed by atoms with Crippen molar-refractivity contribution in [3.05, 3.63) is 26.4 Å². The number of aromatic nitrogens is 2. The monoisotopic (exact) mass is 183 g/mol. The fraction of sp³-hybridized carbons (Fsp3) is 0.286. The van der Waals surface area contributed by atoms with E-state index in [0.717, 1.165) is 4.57 Å². The minimum atomic E-state index is -0.742. The van der Waals surface area contributed by atoms with Crippen LogP contribution in [0.2, 0.25) is 0 Å². The van der Waals surface area contributed by atoms with Crippen LogP contribution in [0.15, 0.2) is 9.59 Å². The van der Waals surface area contributed by atoms with Crippen molar-refractivity contribution in [3.8, 4) is 0 Å². The van der Waals surface area contributed by atoms with E-state index in [0.29, 0.717) is 0 Å². The summed E-state index contributed by atoms with van der Waals surface area (Å²) in [4.78, 5) is 35.0. The van der Waals surface area contributed by atoms with Gasteiger partial charge in [-0.1, -0.05) is 0 Å². The number of hydrogen-bond acceptors (Lipinski definition) is 4. The van der Waals surface area contributed by atoms with Crippen LogP contribution in [-0.2, 0) is 7.05 Å². The summed E-state index contributed by atoms with van der Waals surface area (Å²) in [5.74, 6) is -0.574. The van der Waals surface area contributed by atoms with Gasteiger partial charge in [0.05, 0.1) is 0 Å². The van der Waals surface area contributed by atoms with E-state index in [1.54, 1.807) is 0 Å². The Hall–Kier alpha value is -1.85. The topological polar surface area (TPSA) is 97.9 Å². The average molecular weight is 183 g/mol. The first kappa shape index (κ1) is 9.24. The molecule has 1 aromatic rings. The van der Waals surface area contributed by atoms with Gasteiger partial charge >= 0.3 is 5.69 Å². The molecule has 0 spiro atoms. The molecule has 1 rings (SSSR count). The predicted molar refractivity (Wildman–Crippen MR) is 46.7 cm³/mol. The molecule has 0 aliphatic carbocycles. The van der Waals surface area contributed by atoms with Gasteiger partial charge in [-0.3, -0.25) is 19.1 Å². The summed E-state index contributed by atoms with van der Waals surface area (Å²) >= 11 is 0. The van der Waals surface area contributed by atoms with Crippen LogP contribution in [0, 0.1) is 0 Å². The Balaban J connectivity index is 3.73. The SMILES string of the molecule is CC(=O)c1c(N)n(C)c(=O)[nH]c1=O. The van der Waals surface area contributed by atoms with E-state index in [-0.39, 0.29) is 11.4 Å². The van der Waals surface area contributed by atoms with Gasteiger partial charge in [-0.25, -0.2) is 4.79 Å². The lowest BCUT2D eigenvalue weighted by molar-refractivity contribution is 0.101. The molecule has 3 N–H and O–H groups in total. The number of H-pyrrole nitrogens is 1. The predicted octanol–water partition coefficient (Wildman–Crippen LogP) is -1.14. The summed E-state index contributed by atoms with van der Waals surface area (Å²) in [6.45, 7) is 1.21. The molecule has 6 nitrogen and oxygen atoms in total. The maximum atomic E-state index is 11.1. The van der Waals surface area contributed by atoms with Gasteiger partial charge in [0.2, 0.25) is 0 Å². The Kier molecular flexibility index (Phi) is 2.05. The lowest BCUT2D eigenvalue weighted by atomic mass is 10.2. The van der Waals surface area contributed by atoms with Crippen LogP contribution >= 0.6 is 0 Å². The summed E-state index contributed by atoms with van der Waals surface area (Å²) in [5.41, 5.74) is 3.85. The van der Waals surface area contributed by atoms with E-state index < -0.39 is 17.0 Å².